The number of hydrogen-bond acceptors (Lipinski definition) is 1. The zero-order chi connectivity index (χ0) is 10.1. The van der Waals surface area contributed by atoms with Gasteiger partial charge in [0, 0.05) is 11.8 Å². The van der Waals surface area contributed by atoms with Gasteiger partial charge in [0.15, 0.2) is 4.77 Å². The third-order valence-electron chi connectivity index (χ3n) is 2.28. The third-order valence-corrected chi connectivity index (χ3v) is 2.50. The van der Waals surface area contributed by atoms with Crippen molar-refractivity contribution >= 4 is 12.2 Å². The van der Waals surface area contributed by atoms with Gasteiger partial charge in [-0.3, -0.25) is 0 Å². The highest BCUT2D eigenvalue weighted by Gasteiger charge is 2.02. The first-order valence-electron chi connectivity index (χ1n) is 4.52. The van der Waals surface area contributed by atoms with E-state index in [1.807, 2.05) is 6.20 Å². The van der Waals surface area contributed by atoms with Gasteiger partial charge in [0.2, 0.25) is 0 Å². The Balaban J connectivity index is 2.61. The standard InChI is InChI=1S/C11H12N2S/c1-7-3-4-8(2)9(5-7)10-6-12-11(14)13-10/h3-6H,1-2H3,(H2,12,13,14). The third kappa shape index (κ3) is 1.63. The lowest BCUT2D eigenvalue weighted by atomic mass is 10.0. The maximum atomic E-state index is 5.00. The Morgan fingerprint density at radius 1 is 1.21 bits per heavy atom. The molecule has 1 aromatic carbocycles. The minimum Gasteiger partial charge on any atom is -0.337 e. The van der Waals surface area contributed by atoms with Gasteiger partial charge in [-0.25, -0.2) is 0 Å². The summed E-state index contributed by atoms with van der Waals surface area (Å²) in [5, 5.41) is 0. The molecule has 0 saturated heterocycles. The fourth-order valence-electron chi connectivity index (χ4n) is 1.50. The van der Waals surface area contributed by atoms with Crippen LogP contribution in [0.3, 0.4) is 0 Å². The van der Waals surface area contributed by atoms with Gasteiger partial charge in [0.05, 0.1) is 5.69 Å². The van der Waals surface area contributed by atoms with Crippen molar-refractivity contribution in [2.75, 3.05) is 0 Å². The topological polar surface area (TPSA) is 31.6 Å². The SMILES string of the molecule is Cc1ccc(C)c(-c2c[nH]c(=S)[nH]2)c1. The first-order valence-corrected chi connectivity index (χ1v) is 4.93. The van der Waals surface area contributed by atoms with Crippen molar-refractivity contribution in [2.45, 2.75) is 13.8 Å². The van der Waals surface area contributed by atoms with Crippen molar-refractivity contribution in [3.05, 3.63) is 40.3 Å². The molecule has 0 atom stereocenters. The summed E-state index contributed by atoms with van der Waals surface area (Å²) in [6, 6.07) is 6.39. The van der Waals surface area contributed by atoms with E-state index in [1.54, 1.807) is 0 Å². The molecule has 1 heterocycles. The molecule has 0 aliphatic carbocycles. The predicted molar refractivity (Wildman–Crippen MR) is 60.9 cm³/mol. The fourth-order valence-corrected chi connectivity index (χ4v) is 1.67. The molecule has 2 aromatic rings. The quantitative estimate of drug-likeness (QED) is 0.686. The fraction of sp³-hybridized carbons (Fsp3) is 0.182. The molecule has 2 nitrogen and oxygen atoms in total. The number of aromatic amines is 2. The monoisotopic (exact) mass is 204 g/mol. The highest BCUT2D eigenvalue weighted by Crippen LogP contribution is 2.21. The number of aryl methyl sites for hydroxylation is 2. The van der Waals surface area contributed by atoms with Crippen molar-refractivity contribution in [1.82, 2.24) is 9.97 Å². The minimum absolute atomic E-state index is 0.668. The van der Waals surface area contributed by atoms with Crippen LogP contribution in [0.1, 0.15) is 11.1 Å². The molecular formula is C11H12N2S. The van der Waals surface area contributed by atoms with E-state index in [4.69, 9.17) is 12.2 Å². The summed E-state index contributed by atoms with van der Waals surface area (Å²) in [6.45, 7) is 4.18. The van der Waals surface area contributed by atoms with Crippen LogP contribution < -0.4 is 0 Å². The summed E-state index contributed by atoms with van der Waals surface area (Å²) in [5.41, 5.74) is 4.76. The zero-order valence-corrected chi connectivity index (χ0v) is 9.03. The van der Waals surface area contributed by atoms with E-state index in [-0.39, 0.29) is 0 Å². The van der Waals surface area contributed by atoms with Crippen molar-refractivity contribution in [1.29, 1.82) is 0 Å². The molecule has 0 aliphatic rings. The van der Waals surface area contributed by atoms with Crippen molar-refractivity contribution in [3.8, 4) is 11.3 Å². The van der Waals surface area contributed by atoms with Gasteiger partial charge in [-0.15, -0.1) is 0 Å². The van der Waals surface area contributed by atoms with Crippen LogP contribution in [-0.4, -0.2) is 9.97 Å². The summed E-state index contributed by atoms with van der Waals surface area (Å²) in [4.78, 5) is 6.09. The molecule has 0 aliphatic heterocycles. The molecule has 0 amide bonds. The highest BCUT2D eigenvalue weighted by molar-refractivity contribution is 7.71. The maximum Gasteiger partial charge on any atom is 0.174 e. The lowest BCUT2D eigenvalue weighted by Crippen LogP contribution is -1.84. The molecule has 2 rings (SSSR count). The Morgan fingerprint density at radius 3 is 2.64 bits per heavy atom. The Hall–Kier alpha value is -1.35. The van der Waals surface area contributed by atoms with Gasteiger partial charge >= 0.3 is 0 Å². The molecule has 0 unspecified atom stereocenters. The predicted octanol–water partition coefficient (Wildman–Crippen LogP) is 3.36. The van der Waals surface area contributed by atoms with E-state index < -0.39 is 0 Å². The van der Waals surface area contributed by atoms with E-state index in [0.717, 1.165) is 5.69 Å². The van der Waals surface area contributed by atoms with Crippen LogP contribution in [0.25, 0.3) is 11.3 Å². The van der Waals surface area contributed by atoms with Crippen LogP contribution in [0.5, 0.6) is 0 Å². The average molecular weight is 204 g/mol. The number of nitrogens with one attached hydrogen (secondary N) is 2. The molecule has 0 bridgehead atoms. The molecule has 3 heteroatoms. The lowest BCUT2D eigenvalue weighted by Gasteiger charge is -2.03. The molecule has 2 N–H and O–H groups in total. The van der Waals surface area contributed by atoms with Gasteiger partial charge in [0.25, 0.3) is 0 Å². The van der Waals surface area contributed by atoms with Gasteiger partial charge in [-0.2, -0.15) is 0 Å². The second kappa shape index (κ2) is 3.42. The summed E-state index contributed by atoms with van der Waals surface area (Å²) in [7, 11) is 0. The van der Waals surface area contributed by atoms with Crippen LogP contribution in [0.15, 0.2) is 24.4 Å². The van der Waals surface area contributed by atoms with Crippen LogP contribution in [0.2, 0.25) is 0 Å². The number of aromatic nitrogens is 2. The first-order chi connectivity index (χ1) is 6.66. The summed E-state index contributed by atoms with van der Waals surface area (Å²) in [5.74, 6) is 0. The Bertz CT molecular complexity index is 508. The van der Waals surface area contributed by atoms with Gasteiger partial charge in [-0.05, 0) is 37.7 Å². The Kier molecular flexibility index (Phi) is 2.25. The van der Waals surface area contributed by atoms with Crippen LogP contribution in [-0.2, 0) is 0 Å². The summed E-state index contributed by atoms with van der Waals surface area (Å²) < 4.78 is 0.668. The molecule has 0 fully saturated rings. The number of benzene rings is 1. The zero-order valence-electron chi connectivity index (χ0n) is 8.22. The smallest absolute Gasteiger partial charge is 0.174 e. The van der Waals surface area contributed by atoms with E-state index in [0.29, 0.717) is 4.77 Å². The normalized spacial score (nSPS) is 10.4. The molecule has 14 heavy (non-hydrogen) atoms. The van der Waals surface area contributed by atoms with Crippen LogP contribution in [0, 0.1) is 18.6 Å². The Labute approximate surface area is 88.0 Å². The molecule has 1 aromatic heterocycles. The molecular weight excluding hydrogens is 192 g/mol. The first kappa shape index (κ1) is 9.21. The van der Waals surface area contributed by atoms with Crippen molar-refractivity contribution in [3.63, 3.8) is 0 Å². The Morgan fingerprint density at radius 2 is 2.00 bits per heavy atom. The molecule has 0 saturated carbocycles. The number of imidazole rings is 1. The van der Waals surface area contributed by atoms with E-state index in [2.05, 4.69) is 42.0 Å². The highest BCUT2D eigenvalue weighted by atomic mass is 32.1. The second-order valence-electron chi connectivity index (χ2n) is 3.47. The summed E-state index contributed by atoms with van der Waals surface area (Å²) >= 11 is 5.00. The van der Waals surface area contributed by atoms with Gasteiger partial charge in [0.1, 0.15) is 0 Å². The van der Waals surface area contributed by atoms with Crippen LogP contribution >= 0.6 is 12.2 Å². The van der Waals surface area contributed by atoms with Crippen molar-refractivity contribution in [2.24, 2.45) is 0 Å². The van der Waals surface area contributed by atoms with E-state index in [9.17, 15) is 0 Å². The van der Waals surface area contributed by atoms with Crippen LogP contribution in [0.4, 0.5) is 0 Å². The second-order valence-corrected chi connectivity index (χ2v) is 3.88. The largest absolute Gasteiger partial charge is 0.337 e. The van der Waals surface area contributed by atoms with Gasteiger partial charge < -0.3 is 9.97 Å². The average Bonchev–Trinajstić information content (AvgIpc) is 2.56. The van der Waals surface area contributed by atoms with E-state index >= 15 is 0 Å². The number of hydrogen-bond donors (Lipinski definition) is 2. The minimum atomic E-state index is 0.668. The lowest BCUT2D eigenvalue weighted by molar-refractivity contribution is 1.26. The van der Waals surface area contributed by atoms with E-state index in [1.165, 1.54) is 16.7 Å². The molecule has 72 valence electrons. The summed E-state index contributed by atoms with van der Waals surface area (Å²) in [6.07, 6.45) is 1.91. The molecule has 0 spiro atoms. The maximum absolute atomic E-state index is 5.00. The van der Waals surface area contributed by atoms with Crippen molar-refractivity contribution < 1.29 is 0 Å². The number of H-pyrrole nitrogens is 2. The molecule has 0 radical (unpaired) electrons. The van der Waals surface area contributed by atoms with Gasteiger partial charge in [-0.1, -0.05) is 17.7 Å². The number of rotatable bonds is 1.